The van der Waals surface area contributed by atoms with Crippen molar-refractivity contribution in [3.8, 4) is 0 Å². The van der Waals surface area contributed by atoms with Crippen LogP contribution in [0.3, 0.4) is 0 Å². The van der Waals surface area contributed by atoms with Crippen molar-refractivity contribution in [2.75, 3.05) is 13.1 Å². The van der Waals surface area contributed by atoms with Crippen molar-refractivity contribution in [2.45, 2.75) is 50.5 Å². The van der Waals surface area contributed by atoms with Crippen LogP contribution in [0.2, 0.25) is 5.02 Å². The highest BCUT2D eigenvalue weighted by molar-refractivity contribution is 7.89. The molecule has 0 N–H and O–H groups in total. The monoisotopic (exact) mass is 435 g/mol. The number of hydrogen-bond acceptors (Lipinski definition) is 4. The van der Waals surface area contributed by atoms with Gasteiger partial charge >= 0.3 is 5.97 Å². The first-order valence-corrected chi connectivity index (χ1v) is 11.5. The van der Waals surface area contributed by atoms with Crippen LogP contribution in [0.1, 0.15) is 55.1 Å². The van der Waals surface area contributed by atoms with Crippen LogP contribution in [0.25, 0.3) is 0 Å². The lowest BCUT2D eigenvalue weighted by Crippen LogP contribution is -2.28. The summed E-state index contributed by atoms with van der Waals surface area (Å²) in [5, 5.41) is 0.103. The summed E-state index contributed by atoms with van der Waals surface area (Å²) >= 11 is 6.13. The van der Waals surface area contributed by atoms with Crippen molar-refractivity contribution in [2.24, 2.45) is 0 Å². The van der Waals surface area contributed by atoms with E-state index in [0.29, 0.717) is 13.1 Å². The summed E-state index contributed by atoms with van der Waals surface area (Å²) in [5.74, 6) is -0.584. The third kappa shape index (κ3) is 5.00. The Labute approximate surface area is 177 Å². The van der Waals surface area contributed by atoms with E-state index in [4.69, 9.17) is 16.3 Å². The summed E-state index contributed by atoms with van der Waals surface area (Å²) < 4.78 is 32.4. The molecule has 0 aliphatic carbocycles. The van der Waals surface area contributed by atoms with Crippen molar-refractivity contribution in [3.63, 3.8) is 0 Å². The molecule has 2 aromatic rings. The first kappa shape index (κ1) is 21.8. The molecule has 2 aromatic carbocycles. The molecule has 7 heteroatoms. The van der Waals surface area contributed by atoms with Gasteiger partial charge in [0.25, 0.3) is 0 Å². The van der Waals surface area contributed by atoms with Crippen LogP contribution in [0, 0.1) is 0 Å². The van der Waals surface area contributed by atoms with Gasteiger partial charge in [-0.3, -0.25) is 0 Å². The fraction of sp³-hybridized carbons (Fsp3) is 0.409. The molecule has 0 aromatic heterocycles. The molecule has 1 fully saturated rings. The number of hydrogen-bond donors (Lipinski definition) is 0. The summed E-state index contributed by atoms with van der Waals surface area (Å²) in [7, 11) is -3.72. The third-order valence-corrected chi connectivity index (χ3v) is 7.42. The number of carbonyl (C=O) groups is 1. The number of nitrogens with zero attached hydrogens (tertiary/aromatic N) is 1. The molecule has 1 aliphatic rings. The lowest BCUT2D eigenvalue weighted by molar-refractivity contribution is 0.0472. The van der Waals surface area contributed by atoms with Crippen LogP contribution in [-0.4, -0.2) is 31.8 Å². The van der Waals surface area contributed by atoms with E-state index in [-0.39, 0.29) is 27.5 Å². The number of benzene rings is 2. The number of rotatable bonds is 5. The highest BCUT2D eigenvalue weighted by Crippen LogP contribution is 2.28. The van der Waals surface area contributed by atoms with Gasteiger partial charge in [0, 0.05) is 13.1 Å². The Morgan fingerprint density at radius 3 is 2.28 bits per heavy atom. The summed E-state index contributed by atoms with van der Waals surface area (Å²) in [6.45, 7) is 7.46. The maximum Gasteiger partial charge on any atom is 0.338 e. The molecule has 0 bridgehead atoms. The van der Waals surface area contributed by atoms with Crippen LogP contribution in [0.5, 0.6) is 0 Å². The summed E-state index contributed by atoms with van der Waals surface area (Å²) in [6, 6.07) is 12.1. The molecule has 1 saturated heterocycles. The molecule has 3 rings (SSSR count). The lowest BCUT2D eigenvalue weighted by Gasteiger charge is -2.19. The van der Waals surface area contributed by atoms with E-state index in [0.717, 1.165) is 18.4 Å². The Morgan fingerprint density at radius 2 is 1.69 bits per heavy atom. The van der Waals surface area contributed by atoms with Gasteiger partial charge in [0.2, 0.25) is 10.0 Å². The van der Waals surface area contributed by atoms with Crippen molar-refractivity contribution >= 4 is 27.6 Å². The fourth-order valence-corrected chi connectivity index (χ4v) is 5.25. The number of sulfonamides is 1. The maximum atomic E-state index is 12.8. The van der Waals surface area contributed by atoms with Gasteiger partial charge in [-0.25, -0.2) is 13.2 Å². The minimum Gasteiger partial charge on any atom is -0.457 e. The molecule has 0 amide bonds. The zero-order valence-electron chi connectivity index (χ0n) is 16.9. The first-order chi connectivity index (χ1) is 13.6. The van der Waals surface area contributed by atoms with Crippen LogP contribution >= 0.6 is 11.6 Å². The predicted molar refractivity (Wildman–Crippen MR) is 114 cm³/mol. The smallest absolute Gasteiger partial charge is 0.338 e. The van der Waals surface area contributed by atoms with Gasteiger partial charge in [0.05, 0.1) is 10.6 Å². The van der Waals surface area contributed by atoms with Crippen molar-refractivity contribution in [1.29, 1.82) is 0 Å². The fourth-order valence-electron chi connectivity index (χ4n) is 3.23. The first-order valence-electron chi connectivity index (χ1n) is 9.65. The van der Waals surface area contributed by atoms with Gasteiger partial charge in [-0.1, -0.05) is 56.6 Å². The molecule has 0 atom stereocenters. The minimum atomic E-state index is -3.72. The van der Waals surface area contributed by atoms with Gasteiger partial charge in [-0.2, -0.15) is 4.31 Å². The Kier molecular flexibility index (Phi) is 6.36. The standard InChI is InChI=1S/C22H26ClNO4S/c1-22(2,3)18-9-6-16(7-10-18)15-28-21(25)17-8-11-19(23)20(14-17)29(26,27)24-12-4-5-13-24/h6-11,14H,4-5,12-13,15H2,1-3H3. The second-order valence-corrected chi connectivity index (χ2v) is 10.6. The van der Waals surface area contributed by atoms with Gasteiger partial charge in [0.15, 0.2) is 0 Å². The highest BCUT2D eigenvalue weighted by Gasteiger charge is 2.30. The SMILES string of the molecule is CC(C)(C)c1ccc(COC(=O)c2ccc(Cl)c(S(=O)(=O)N3CCCC3)c2)cc1. The molecular formula is C22H26ClNO4S. The summed E-state index contributed by atoms with van der Waals surface area (Å²) in [4.78, 5) is 12.4. The molecule has 0 unspecified atom stereocenters. The average Bonchev–Trinajstić information content (AvgIpc) is 3.21. The van der Waals surface area contributed by atoms with Crippen LogP contribution in [-0.2, 0) is 26.8 Å². The number of halogens is 1. The van der Waals surface area contributed by atoms with E-state index in [9.17, 15) is 13.2 Å². The maximum absolute atomic E-state index is 12.8. The van der Waals surface area contributed by atoms with E-state index in [1.54, 1.807) is 0 Å². The molecule has 1 heterocycles. The normalized spacial score (nSPS) is 15.4. The minimum absolute atomic E-state index is 0.0509. The number of esters is 1. The van der Waals surface area contributed by atoms with Gasteiger partial charge < -0.3 is 4.74 Å². The van der Waals surface area contributed by atoms with Crippen LogP contribution in [0.15, 0.2) is 47.4 Å². The quantitative estimate of drug-likeness (QED) is 0.634. The van der Waals surface area contributed by atoms with Gasteiger partial charge in [-0.05, 0) is 47.6 Å². The lowest BCUT2D eigenvalue weighted by atomic mass is 9.87. The number of carbonyl (C=O) groups excluding carboxylic acids is 1. The second-order valence-electron chi connectivity index (χ2n) is 8.28. The van der Waals surface area contributed by atoms with Gasteiger partial charge in [-0.15, -0.1) is 0 Å². The van der Waals surface area contributed by atoms with Crippen molar-refractivity contribution in [1.82, 2.24) is 4.31 Å². The highest BCUT2D eigenvalue weighted by atomic mass is 35.5. The molecule has 29 heavy (non-hydrogen) atoms. The van der Waals surface area contributed by atoms with Crippen LogP contribution in [0.4, 0.5) is 0 Å². The van der Waals surface area contributed by atoms with E-state index in [1.165, 1.54) is 28.1 Å². The molecule has 1 aliphatic heterocycles. The van der Waals surface area contributed by atoms with Gasteiger partial charge in [0.1, 0.15) is 11.5 Å². The number of ether oxygens (including phenoxy) is 1. The molecule has 0 spiro atoms. The predicted octanol–water partition coefficient (Wildman–Crippen LogP) is 4.78. The zero-order chi connectivity index (χ0) is 21.2. The zero-order valence-corrected chi connectivity index (χ0v) is 18.5. The summed E-state index contributed by atoms with van der Waals surface area (Å²) in [6.07, 6.45) is 1.65. The Hall–Kier alpha value is -1.89. The topological polar surface area (TPSA) is 63.7 Å². The van der Waals surface area contributed by atoms with E-state index in [2.05, 4.69) is 20.8 Å². The Balaban J connectivity index is 1.73. The van der Waals surface area contributed by atoms with E-state index < -0.39 is 16.0 Å². The van der Waals surface area contributed by atoms with Crippen molar-refractivity contribution < 1.29 is 17.9 Å². The molecule has 0 saturated carbocycles. The molecule has 156 valence electrons. The van der Waals surface area contributed by atoms with Crippen LogP contribution < -0.4 is 0 Å². The molecular weight excluding hydrogens is 410 g/mol. The average molecular weight is 436 g/mol. The largest absolute Gasteiger partial charge is 0.457 e. The van der Waals surface area contributed by atoms with E-state index in [1.807, 2.05) is 24.3 Å². The van der Waals surface area contributed by atoms with Crippen molar-refractivity contribution in [3.05, 3.63) is 64.2 Å². The molecule has 0 radical (unpaired) electrons. The molecule has 5 nitrogen and oxygen atoms in total. The summed E-state index contributed by atoms with van der Waals surface area (Å²) in [5.41, 5.74) is 2.28. The van der Waals surface area contributed by atoms with E-state index >= 15 is 0 Å². The second kappa shape index (κ2) is 8.46. The Morgan fingerprint density at radius 1 is 1.07 bits per heavy atom. The Bertz CT molecular complexity index is 988. The third-order valence-electron chi connectivity index (χ3n) is 5.04.